The van der Waals surface area contributed by atoms with Crippen molar-refractivity contribution in [2.45, 2.75) is 19.1 Å². The lowest BCUT2D eigenvalue weighted by Crippen LogP contribution is -2.22. The van der Waals surface area contributed by atoms with Crippen LogP contribution in [-0.2, 0) is 17.8 Å². The van der Waals surface area contributed by atoms with E-state index in [-0.39, 0.29) is 5.82 Å². The topological polar surface area (TPSA) is 121 Å². The van der Waals surface area contributed by atoms with Gasteiger partial charge in [-0.05, 0) is 35.9 Å². The number of anilines is 2. The number of aliphatic carboxylic acids is 1. The van der Waals surface area contributed by atoms with E-state index in [4.69, 9.17) is 9.90 Å². The molecule has 3 aromatic heterocycles. The molecule has 0 saturated carbocycles. The molecule has 0 radical (unpaired) electrons. The van der Waals surface area contributed by atoms with Crippen molar-refractivity contribution in [3.63, 3.8) is 0 Å². The maximum atomic E-state index is 14.5. The Morgan fingerprint density at radius 2 is 1.92 bits per heavy atom. The number of para-hydroxylation sites is 2. The molecule has 0 saturated heterocycles. The molecule has 5 aromatic rings. The van der Waals surface area contributed by atoms with E-state index in [1.807, 2.05) is 36.4 Å². The average Bonchev–Trinajstić information content (AvgIpc) is 3.46. The normalized spacial score (nSPS) is 13.2. The lowest BCUT2D eigenvalue weighted by atomic mass is 10.1. The number of benzene rings is 2. The number of rotatable bonds is 3. The van der Waals surface area contributed by atoms with Gasteiger partial charge in [-0.25, -0.2) is 19.2 Å². The third-order valence-corrected chi connectivity index (χ3v) is 5.75. The highest BCUT2D eigenvalue weighted by Gasteiger charge is 2.38. The summed E-state index contributed by atoms with van der Waals surface area (Å²) in [5, 5.41) is 14.9. The van der Waals surface area contributed by atoms with Crippen LogP contribution in [0.15, 0.2) is 55.0 Å². The Morgan fingerprint density at radius 1 is 1.14 bits per heavy atom. The third kappa shape index (κ3) is 4.93. The van der Waals surface area contributed by atoms with Crippen LogP contribution in [0.2, 0.25) is 0 Å². The lowest BCUT2D eigenvalue weighted by molar-refractivity contribution is -0.192. The summed E-state index contributed by atoms with van der Waals surface area (Å²) in [4.78, 5) is 25.3. The van der Waals surface area contributed by atoms with Gasteiger partial charge in [-0.15, -0.1) is 0 Å². The van der Waals surface area contributed by atoms with Crippen LogP contribution in [0.3, 0.4) is 0 Å². The fourth-order valence-corrected chi connectivity index (χ4v) is 4.07. The van der Waals surface area contributed by atoms with Gasteiger partial charge in [0.25, 0.3) is 0 Å². The average molecular weight is 513 g/mol. The van der Waals surface area contributed by atoms with Gasteiger partial charge >= 0.3 is 12.1 Å². The number of nitrogens with one attached hydrogen (secondary N) is 3. The van der Waals surface area contributed by atoms with Gasteiger partial charge in [0.05, 0.1) is 17.2 Å². The predicted octanol–water partition coefficient (Wildman–Crippen LogP) is 4.46. The van der Waals surface area contributed by atoms with Gasteiger partial charge in [-0.2, -0.15) is 18.2 Å². The molecule has 0 atom stereocenters. The number of carboxylic acid groups (broad SMARTS) is 1. The highest BCUT2D eigenvalue weighted by atomic mass is 19.4. The molecule has 4 N–H and O–H groups in total. The highest BCUT2D eigenvalue weighted by Crippen LogP contribution is 2.28. The molecule has 190 valence electrons. The summed E-state index contributed by atoms with van der Waals surface area (Å²) in [5.41, 5.74) is 6.11. The Bertz CT molecular complexity index is 1610. The van der Waals surface area contributed by atoms with Crippen molar-refractivity contribution >= 4 is 39.5 Å². The largest absolute Gasteiger partial charge is 0.490 e. The standard InChI is InChI=1S/C22H18FN7.C2HF3O2/c23-16-11-25-22(29-21(16)30-12-26-19-3-1-2-4-20(19)30)27-13-5-6-17-14(9-13)15-10-24-8-7-18(15)28-17;3-2(4,5)1(6)7/h1-6,9,11-12,24,28H,7-8,10H2,(H,25,27,29);(H,6,7). The van der Waals surface area contributed by atoms with Gasteiger partial charge in [0, 0.05) is 41.8 Å². The van der Waals surface area contributed by atoms with Gasteiger partial charge < -0.3 is 20.7 Å². The number of hydrogen-bond donors (Lipinski definition) is 4. The molecule has 1 aliphatic rings. The first-order valence-corrected chi connectivity index (χ1v) is 11.1. The van der Waals surface area contributed by atoms with E-state index in [1.54, 1.807) is 10.9 Å². The fourth-order valence-electron chi connectivity index (χ4n) is 4.07. The molecule has 2 aromatic carbocycles. The number of H-pyrrole nitrogens is 1. The molecule has 9 nitrogen and oxygen atoms in total. The number of halogens is 4. The van der Waals surface area contributed by atoms with Crippen molar-refractivity contribution in [2.75, 3.05) is 11.9 Å². The SMILES string of the molecule is Fc1cnc(Nc2ccc3[nH]c4c(c3c2)CNCC4)nc1-n1cnc2ccccc21.O=C(O)C(F)(F)F. The van der Waals surface area contributed by atoms with Gasteiger partial charge in [0.15, 0.2) is 11.6 Å². The molecule has 0 unspecified atom stereocenters. The summed E-state index contributed by atoms with van der Waals surface area (Å²) < 4.78 is 47.9. The van der Waals surface area contributed by atoms with E-state index < -0.39 is 18.0 Å². The van der Waals surface area contributed by atoms with Crippen molar-refractivity contribution < 1.29 is 27.5 Å². The maximum Gasteiger partial charge on any atom is 0.490 e. The van der Waals surface area contributed by atoms with E-state index in [1.165, 1.54) is 22.8 Å². The summed E-state index contributed by atoms with van der Waals surface area (Å²) >= 11 is 0. The Morgan fingerprint density at radius 3 is 2.70 bits per heavy atom. The van der Waals surface area contributed by atoms with Crippen molar-refractivity contribution in [1.29, 1.82) is 0 Å². The van der Waals surface area contributed by atoms with E-state index in [9.17, 15) is 17.6 Å². The maximum absolute atomic E-state index is 14.5. The zero-order valence-electron chi connectivity index (χ0n) is 19.0. The van der Waals surface area contributed by atoms with E-state index >= 15 is 0 Å². The number of hydrogen-bond acceptors (Lipinski definition) is 6. The number of carboxylic acids is 1. The number of aromatic nitrogens is 5. The van der Waals surface area contributed by atoms with Crippen LogP contribution >= 0.6 is 0 Å². The van der Waals surface area contributed by atoms with E-state index in [0.29, 0.717) is 5.95 Å². The molecular weight excluding hydrogens is 494 g/mol. The number of aromatic amines is 1. The van der Waals surface area contributed by atoms with Crippen LogP contribution in [0, 0.1) is 5.82 Å². The second kappa shape index (κ2) is 9.50. The number of carbonyl (C=O) groups is 1. The molecule has 0 spiro atoms. The summed E-state index contributed by atoms with van der Waals surface area (Å²) in [6, 6.07) is 13.6. The number of fused-ring (bicyclic) bond motifs is 4. The van der Waals surface area contributed by atoms with Crippen molar-refractivity contribution in [2.24, 2.45) is 0 Å². The molecular formula is C24H19F4N7O2. The number of nitrogens with zero attached hydrogens (tertiary/aromatic N) is 4. The second-order valence-corrected chi connectivity index (χ2v) is 8.17. The van der Waals surface area contributed by atoms with Crippen LogP contribution in [-0.4, -0.2) is 48.3 Å². The molecule has 0 bridgehead atoms. The third-order valence-electron chi connectivity index (χ3n) is 5.75. The molecule has 4 heterocycles. The summed E-state index contributed by atoms with van der Waals surface area (Å²) in [6.07, 6.45) is -1.33. The van der Waals surface area contributed by atoms with Gasteiger partial charge in [-0.3, -0.25) is 4.57 Å². The minimum absolute atomic E-state index is 0.158. The highest BCUT2D eigenvalue weighted by molar-refractivity contribution is 5.88. The molecule has 0 amide bonds. The molecule has 0 aliphatic carbocycles. The van der Waals surface area contributed by atoms with Crippen LogP contribution in [0.4, 0.5) is 29.2 Å². The van der Waals surface area contributed by atoms with Crippen LogP contribution < -0.4 is 10.6 Å². The second-order valence-electron chi connectivity index (χ2n) is 8.17. The van der Waals surface area contributed by atoms with Crippen molar-refractivity contribution in [3.05, 3.63) is 72.1 Å². The van der Waals surface area contributed by atoms with Gasteiger partial charge in [-0.1, -0.05) is 12.1 Å². The fraction of sp³-hybridized carbons (Fsp3) is 0.167. The van der Waals surface area contributed by atoms with Crippen molar-refractivity contribution in [1.82, 2.24) is 29.8 Å². The first-order valence-electron chi connectivity index (χ1n) is 11.1. The Labute approximate surface area is 206 Å². The van der Waals surface area contributed by atoms with Crippen LogP contribution in [0.25, 0.3) is 27.8 Å². The lowest BCUT2D eigenvalue weighted by Gasteiger charge is -2.13. The Kier molecular flexibility index (Phi) is 6.21. The van der Waals surface area contributed by atoms with Gasteiger partial charge in [0.2, 0.25) is 5.95 Å². The predicted molar refractivity (Wildman–Crippen MR) is 127 cm³/mol. The molecule has 13 heteroatoms. The Hall–Kier alpha value is -4.52. The molecule has 37 heavy (non-hydrogen) atoms. The monoisotopic (exact) mass is 513 g/mol. The minimum atomic E-state index is -5.08. The van der Waals surface area contributed by atoms with E-state index in [0.717, 1.165) is 41.7 Å². The zero-order chi connectivity index (χ0) is 26.2. The zero-order valence-corrected chi connectivity index (χ0v) is 19.0. The van der Waals surface area contributed by atoms with Crippen LogP contribution in [0.1, 0.15) is 11.3 Å². The minimum Gasteiger partial charge on any atom is -0.475 e. The summed E-state index contributed by atoms with van der Waals surface area (Å²) in [5.74, 6) is -2.78. The van der Waals surface area contributed by atoms with Crippen LogP contribution in [0.5, 0.6) is 0 Å². The quantitative estimate of drug-likeness (QED) is 0.263. The molecule has 1 aliphatic heterocycles. The molecule has 0 fully saturated rings. The Balaban J connectivity index is 0.000000355. The molecule has 6 rings (SSSR count). The summed E-state index contributed by atoms with van der Waals surface area (Å²) in [6.45, 7) is 1.84. The van der Waals surface area contributed by atoms with Crippen molar-refractivity contribution in [3.8, 4) is 5.82 Å². The summed E-state index contributed by atoms with van der Waals surface area (Å²) in [7, 11) is 0. The first-order chi connectivity index (χ1) is 17.7. The van der Waals surface area contributed by atoms with Gasteiger partial charge in [0.1, 0.15) is 6.33 Å². The van der Waals surface area contributed by atoms with E-state index in [2.05, 4.69) is 36.6 Å². The first kappa shape index (κ1) is 24.2. The smallest absolute Gasteiger partial charge is 0.475 e. The number of imidazole rings is 1. The number of alkyl halides is 3.